The summed E-state index contributed by atoms with van der Waals surface area (Å²) in [4.78, 5) is 47.5. The molecule has 1 aliphatic rings. The van der Waals surface area contributed by atoms with E-state index in [1.807, 2.05) is 29.2 Å². The van der Waals surface area contributed by atoms with Gasteiger partial charge in [-0.05, 0) is 25.1 Å². The zero-order chi connectivity index (χ0) is 27.2. The summed E-state index contributed by atoms with van der Waals surface area (Å²) >= 11 is 0. The lowest BCUT2D eigenvalue weighted by molar-refractivity contribution is -0.118. The van der Waals surface area contributed by atoms with Gasteiger partial charge in [0.2, 0.25) is 5.82 Å². The van der Waals surface area contributed by atoms with Crippen LogP contribution in [0.1, 0.15) is 17.5 Å². The van der Waals surface area contributed by atoms with Crippen molar-refractivity contribution in [3.63, 3.8) is 0 Å². The van der Waals surface area contributed by atoms with E-state index in [4.69, 9.17) is 18.9 Å². The number of esters is 1. The number of para-hydroxylation sites is 2. The Labute approximate surface area is 219 Å². The summed E-state index contributed by atoms with van der Waals surface area (Å²) in [5.41, 5.74) is 3.10. The second-order valence-corrected chi connectivity index (χ2v) is 8.49. The first-order chi connectivity index (χ1) is 18.4. The number of carbonyl (C=O) groups is 2. The van der Waals surface area contributed by atoms with Gasteiger partial charge in [-0.15, -0.1) is 0 Å². The van der Waals surface area contributed by atoms with Gasteiger partial charge in [-0.2, -0.15) is 4.68 Å². The minimum absolute atomic E-state index is 0.0262. The summed E-state index contributed by atoms with van der Waals surface area (Å²) in [5, 5.41) is 0.140. The highest BCUT2D eigenvalue weighted by molar-refractivity contribution is 5.92. The van der Waals surface area contributed by atoms with Crippen molar-refractivity contribution in [3.05, 3.63) is 52.6 Å². The molecule has 0 unspecified atom stereocenters. The molecule has 1 amide bonds. The highest BCUT2D eigenvalue weighted by atomic mass is 16.5. The Bertz CT molecular complexity index is 1380. The van der Waals surface area contributed by atoms with Crippen molar-refractivity contribution in [3.8, 4) is 17.2 Å². The molecule has 1 fully saturated rings. The zero-order valence-electron chi connectivity index (χ0n) is 21.9. The number of rotatable bonds is 9. The van der Waals surface area contributed by atoms with Crippen molar-refractivity contribution in [2.75, 3.05) is 71.0 Å². The van der Waals surface area contributed by atoms with Crippen molar-refractivity contribution in [2.45, 2.75) is 6.92 Å². The fourth-order valence-electron chi connectivity index (χ4n) is 4.35. The minimum Gasteiger partial charge on any atom is -0.495 e. The molecule has 1 aromatic heterocycles. The molecule has 0 spiro atoms. The van der Waals surface area contributed by atoms with Crippen LogP contribution in [-0.2, 0) is 9.53 Å². The lowest BCUT2D eigenvalue weighted by atomic mass is 10.2. The number of nitrogens with zero attached hydrogens (tertiary/aromatic N) is 4. The van der Waals surface area contributed by atoms with E-state index in [9.17, 15) is 14.4 Å². The molecule has 0 atom stereocenters. The van der Waals surface area contributed by atoms with Crippen LogP contribution in [0.5, 0.6) is 17.2 Å². The number of anilines is 1. The third-order valence-electron chi connectivity index (χ3n) is 6.23. The zero-order valence-corrected chi connectivity index (χ0v) is 21.9. The molecule has 1 N–H and O–H groups in total. The van der Waals surface area contributed by atoms with Crippen molar-refractivity contribution >= 4 is 28.5 Å². The molecule has 3 aromatic rings. The van der Waals surface area contributed by atoms with Crippen LogP contribution in [0, 0.1) is 0 Å². The number of benzene rings is 2. The van der Waals surface area contributed by atoms with E-state index in [1.165, 1.54) is 26.4 Å². The predicted molar refractivity (Wildman–Crippen MR) is 141 cm³/mol. The standard InChI is InChI=1S/C26H31N5O7/c1-5-38-26(34)24-27-18-15-22(37-4)21(36-3)14-17(18)25(33)31(24)28-23(32)16-29-10-12-30(13-11-29)19-8-6-7-9-20(19)35-2/h6-9,14-15H,5,10-13,16H2,1-4H3,(H,28,32). The fraction of sp³-hybridized carbons (Fsp3) is 0.385. The van der Waals surface area contributed by atoms with Crippen molar-refractivity contribution in [1.29, 1.82) is 0 Å². The number of aromatic nitrogens is 2. The molecule has 12 heteroatoms. The maximum absolute atomic E-state index is 13.4. The van der Waals surface area contributed by atoms with Gasteiger partial charge >= 0.3 is 5.97 Å². The van der Waals surface area contributed by atoms with Gasteiger partial charge in [-0.3, -0.25) is 19.9 Å². The first-order valence-corrected chi connectivity index (χ1v) is 12.2. The van der Waals surface area contributed by atoms with Crippen LogP contribution >= 0.6 is 0 Å². The van der Waals surface area contributed by atoms with E-state index in [1.54, 1.807) is 14.0 Å². The van der Waals surface area contributed by atoms with Crippen molar-refractivity contribution in [2.24, 2.45) is 0 Å². The van der Waals surface area contributed by atoms with Crippen LogP contribution in [-0.4, -0.2) is 87.1 Å². The Hall–Kier alpha value is -4.32. The van der Waals surface area contributed by atoms with Gasteiger partial charge in [0, 0.05) is 32.2 Å². The molecule has 0 radical (unpaired) electrons. The summed E-state index contributed by atoms with van der Waals surface area (Å²) in [6, 6.07) is 10.7. The lowest BCUT2D eigenvalue weighted by Gasteiger charge is -2.36. The number of hydrogen-bond acceptors (Lipinski definition) is 10. The number of nitrogens with one attached hydrogen (secondary N) is 1. The van der Waals surface area contributed by atoms with E-state index in [0.29, 0.717) is 37.7 Å². The molecule has 0 bridgehead atoms. The number of amides is 1. The van der Waals surface area contributed by atoms with Gasteiger partial charge < -0.3 is 23.8 Å². The average Bonchev–Trinajstić information content (AvgIpc) is 2.94. The summed E-state index contributed by atoms with van der Waals surface area (Å²) < 4.78 is 22.0. The van der Waals surface area contributed by atoms with E-state index < -0.39 is 17.4 Å². The Balaban J connectivity index is 1.54. The van der Waals surface area contributed by atoms with Crippen molar-refractivity contribution < 1.29 is 28.5 Å². The average molecular weight is 526 g/mol. The van der Waals surface area contributed by atoms with Gasteiger partial charge in [0.05, 0.1) is 51.1 Å². The second-order valence-electron chi connectivity index (χ2n) is 8.49. The van der Waals surface area contributed by atoms with Gasteiger partial charge in [0.1, 0.15) is 5.75 Å². The normalized spacial score (nSPS) is 13.7. The number of ether oxygens (including phenoxy) is 4. The van der Waals surface area contributed by atoms with Crippen LogP contribution in [0.3, 0.4) is 0 Å². The topological polar surface area (TPSA) is 124 Å². The molecule has 0 aliphatic carbocycles. The summed E-state index contributed by atoms with van der Waals surface area (Å²) in [6.07, 6.45) is 0. The number of hydrogen-bond donors (Lipinski definition) is 1. The largest absolute Gasteiger partial charge is 0.495 e. The third kappa shape index (κ3) is 5.49. The molecule has 12 nitrogen and oxygen atoms in total. The fourth-order valence-corrected chi connectivity index (χ4v) is 4.35. The lowest BCUT2D eigenvalue weighted by Crippen LogP contribution is -2.50. The van der Waals surface area contributed by atoms with Crippen LogP contribution in [0.25, 0.3) is 10.9 Å². The highest BCUT2D eigenvalue weighted by Crippen LogP contribution is 2.30. The third-order valence-corrected chi connectivity index (χ3v) is 6.23. The van der Waals surface area contributed by atoms with Gasteiger partial charge in [0.25, 0.3) is 11.5 Å². The molecule has 0 saturated carbocycles. The van der Waals surface area contributed by atoms with Crippen LogP contribution in [0.2, 0.25) is 0 Å². The van der Waals surface area contributed by atoms with Gasteiger partial charge in [0.15, 0.2) is 11.5 Å². The minimum atomic E-state index is -0.841. The molecule has 2 aromatic carbocycles. The van der Waals surface area contributed by atoms with Gasteiger partial charge in [-0.25, -0.2) is 9.78 Å². The Morgan fingerprint density at radius 3 is 2.26 bits per heavy atom. The SMILES string of the molecule is CCOC(=O)c1nc2cc(OC)c(OC)cc2c(=O)n1NC(=O)CN1CCN(c2ccccc2OC)CC1. The monoisotopic (exact) mass is 525 g/mol. The van der Waals surface area contributed by atoms with E-state index in [0.717, 1.165) is 16.1 Å². The summed E-state index contributed by atoms with van der Waals surface area (Å²) in [6.45, 7) is 4.37. The molecule has 1 saturated heterocycles. The van der Waals surface area contributed by atoms with E-state index in [2.05, 4.69) is 15.3 Å². The van der Waals surface area contributed by atoms with Crippen LogP contribution in [0.15, 0.2) is 41.2 Å². The van der Waals surface area contributed by atoms with E-state index in [-0.39, 0.29) is 29.9 Å². The van der Waals surface area contributed by atoms with Crippen LogP contribution < -0.4 is 30.1 Å². The number of fused-ring (bicyclic) bond motifs is 1. The predicted octanol–water partition coefficient (Wildman–Crippen LogP) is 1.49. The molecule has 4 rings (SSSR count). The number of carbonyl (C=O) groups excluding carboxylic acids is 2. The molecule has 2 heterocycles. The summed E-state index contributed by atoms with van der Waals surface area (Å²) in [5.74, 6) is -0.199. The second kappa shape index (κ2) is 11.8. The Morgan fingerprint density at radius 2 is 1.61 bits per heavy atom. The smallest absolute Gasteiger partial charge is 0.376 e. The van der Waals surface area contributed by atoms with Gasteiger partial charge in [-0.1, -0.05) is 12.1 Å². The van der Waals surface area contributed by atoms with E-state index >= 15 is 0 Å². The first kappa shape index (κ1) is 26.7. The number of piperazine rings is 1. The molecular weight excluding hydrogens is 494 g/mol. The van der Waals surface area contributed by atoms with Crippen LogP contribution in [0.4, 0.5) is 5.69 Å². The maximum Gasteiger partial charge on any atom is 0.376 e. The Morgan fingerprint density at radius 1 is 0.947 bits per heavy atom. The Kier molecular flexibility index (Phi) is 8.31. The highest BCUT2D eigenvalue weighted by Gasteiger charge is 2.24. The maximum atomic E-state index is 13.4. The van der Waals surface area contributed by atoms with Crippen molar-refractivity contribution in [1.82, 2.24) is 14.6 Å². The first-order valence-electron chi connectivity index (χ1n) is 12.2. The molecule has 1 aliphatic heterocycles. The summed E-state index contributed by atoms with van der Waals surface area (Å²) in [7, 11) is 4.53. The molecule has 38 heavy (non-hydrogen) atoms. The quantitative estimate of drug-likeness (QED) is 0.411. The number of methoxy groups -OCH3 is 3. The molecular formula is C26H31N5O7. The molecule has 202 valence electrons.